The SMILES string of the molecule is CCOC(=O)c1sc(N/N=C\c2cc(Br)c(OCC)c(OCC)c2)nc1C. The number of carbonyl (C=O) groups is 1. The molecule has 0 bridgehead atoms. The molecule has 0 aliphatic carbocycles. The molecule has 0 saturated carbocycles. The lowest BCUT2D eigenvalue weighted by Gasteiger charge is -2.13. The number of hydrogen-bond donors (Lipinski definition) is 1. The highest BCUT2D eigenvalue weighted by molar-refractivity contribution is 9.10. The number of benzene rings is 1. The Bertz CT molecular complexity index is 823. The highest BCUT2D eigenvalue weighted by Gasteiger charge is 2.16. The quantitative estimate of drug-likeness (QED) is 0.337. The molecule has 2 aromatic rings. The number of carbonyl (C=O) groups excluding carboxylic acids is 1. The number of hydrazone groups is 1. The number of aryl methyl sites for hydroxylation is 1. The smallest absolute Gasteiger partial charge is 0.350 e. The Labute approximate surface area is 170 Å². The molecule has 2 rings (SSSR count). The lowest BCUT2D eigenvalue weighted by Crippen LogP contribution is -2.03. The largest absolute Gasteiger partial charge is 0.490 e. The molecule has 1 aromatic carbocycles. The monoisotopic (exact) mass is 455 g/mol. The van der Waals surface area contributed by atoms with Gasteiger partial charge in [0.1, 0.15) is 4.88 Å². The van der Waals surface area contributed by atoms with Gasteiger partial charge in [-0.25, -0.2) is 9.78 Å². The van der Waals surface area contributed by atoms with Crippen molar-refractivity contribution in [3.8, 4) is 11.5 Å². The van der Waals surface area contributed by atoms with Crippen LogP contribution < -0.4 is 14.9 Å². The van der Waals surface area contributed by atoms with E-state index in [9.17, 15) is 4.79 Å². The summed E-state index contributed by atoms with van der Waals surface area (Å²) in [4.78, 5) is 16.6. The van der Waals surface area contributed by atoms with Crippen LogP contribution in [-0.4, -0.2) is 37.0 Å². The van der Waals surface area contributed by atoms with E-state index < -0.39 is 0 Å². The second kappa shape index (κ2) is 10.3. The van der Waals surface area contributed by atoms with Crippen molar-refractivity contribution in [2.45, 2.75) is 27.7 Å². The first-order chi connectivity index (χ1) is 13.0. The van der Waals surface area contributed by atoms with Crippen LogP contribution in [0.1, 0.15) is 41.7 Å². The summed E-state index contributed by atoms with van der Waals surface area (Å²) in [6.07, 6.45) is 1.64. The van der Waals surface area contributed by atoms with Crippen LogP contribution in [0, 0.1) is 6.92 Å². The lowest BCUT2D eigenvalue weighted by molar-refractivity contribution is 0.0531. The van der Waals surface area contributed by atoms with Crippen LogP contribution in [0.2, 0.25) is 0 Å². The van der Waals surface area contributed by atoms with Gasteiger partial charge in [-0.2, -0.15) is 5.10 Å². The second-order valence-corrected chi connectivity index (χ2v) is 7.07. The van der Waals surface area contributed by atoms with Crippen molar-refractivity contribution < 1.29 is 19.0 Å². The highest BCUT2D eigenvalue weighted by atomic mass is 79.9. The molecule has 9 heteroatoms. The van der Waals surface area contributed by atoms with Crippen LogP contribution in [0.15, 0.2) is 21.7 Å². The van der Waals surface area contributed by atoms with Gasteiger partial charge < -0.3 is 14.2 Å². The van der Waals surface area contributed by atoms with Crippen molar-refractivity contribution in [3.05, 3.63) is 32.7 Å². The molecule has 0 spiro atoms. The molecule has 0 unspecified atom stereocenters. The van der Waals surface area contributed by atoms with E-state index in [1.54, 1.807) is 20.1 Å². The fourth-order valence-electron chi connectivity index (χ4n) is 2.20. The van der Waals surface area contributed by atoms with Crippen molar-refractivity contribution in [3.63, 3.8) is 0 Å². The third kappa shape index (κ3) is 5.67. The minimum Gasteiger partial charge on any atom is -0.490 e. The topological polar surface area (TPSA) is 82.0 Å². The third-order valence-electron chi connectivity index (χ3n) is 3.25. The molecule has 0 amide bonds. The third-order valence-corrected chi connectivity index (χ3v) is 4.88. The molecule has 0 radical (unpaired) electrons. The summed E-state index contributed by atoms with van der Waals surface area (Å²) in [5.41, 5.74) is 4.27. The van der Waals surface area contributed by atoms with Gasteiger partial charge in [-0.15, -0.1) is 0 Å². The molecule has 0 atom stereocenters. The van der Waals surface area contributed by atoms with Gasteiger partial charge in [0.2, 0.25) is 5.13 Å². The minimum atomic E-state index is -0.374. The van der Waals surface area contributed by atoms with Crippen LogP contribution in [-0.2, 0) is 4.74 Å². The molecule has 1 aromatic heterocycles. The molecule has 0 aliphatic heterocycles. The maximum atomic E-state index is 11.8. The van der Waals surface area contributed by atoms with E-state index in [0.717, 1.165) is 10.0 Å². The van der Waals surface area contributed by atoms with E-state index in [4.69, 9.17) is 14.2 Å². The first-order valence-corrected chi connectivity index (χ1v) is 10.1. The number of hydrogen-bond acceptors (Lipinski definition) is 8. The maximum Gasteiger partial charge on any atom is 0.350 e. The van der Waals surface area contributed by atoms with Crippen molar-refractivity contribution in [2.24, 2.45) is 5.10 Å². The van der Waals surface area contributed by atoms with Gasteiger partial charge in [0.15, 0.2) is 11.5 Å². The van der Waals surface area contributed by atoms with Crippen LogP contribution in [0.4, 0.5) is 5.13 Å². The molecule has 7 nitrogen and oxygen atoms in total. The Kier molecular flexibility index (Phi) is 8.05. The maximum absolute atomic E-state index is 11.8. The van der Waals surface area contributed by atoms with Crippen LogP contribution in [0.5, 0.6) is 11.5 Å². The molecule has 1 heterocycles. The van der Waals surface area contributed by atoms with E-state index >= 15 is 0 Å². The fraction of sp³-hybridized carbons (Fsp3) is 0.389. The lowest BCUT2D eigenvalue weighted by atomic mass is 10.2. The Morgan fingerprint density at radius 2 is 2.00 bits per heavy atom. The number of halogens is 1. The summed E-state index contributed by atoms with van der Waals surface area (Å²) in [6.45, 7) is 8.75. The van der Waals surface area contributed by atoms with Crippen LogP contribution in [0.3, 0.4) is 0 Å². The van der Waals surface area contributed by atoms with E-state index in [0.29, 0.717) is 47.0 Å². The number of thiazole rings is 1. The number of anilines is 1. The number of nitrogens with zero attached hydrogens (tertiary/aromatic N) is 2. The predicted molar refractivity (Wildman–Crippen MR) is 111 cm³/mol. The minimum absolute atomic E-state index is 0.325. The molecule has 27 heavy (non-hydrogen) atoms. The Morgan fingerprint density at radius 1 is 1.26 bits per heavy atom. The average Bonchev–Trinajstić information content (AvgIpc) is 2.99. The summed E-state index contributed by atoms with van der Waals surface area (Å²) < 4.78 is 17.1. The van der Waals surface area contributed by atoms with Crippen LogP contribution in [0.25, 0.3) is 0 Å². The average molecular weight is 456 g/mol. The fourth-order valence-corrected chi connectivity index (χ4v) is 3.59. The van der Waals surface area contributed by atoms with E-state index in [1.165, 1.54) is 11.3 Å². The Hall–Kier alpha value is -2.13. The van der Waals surface area contributed by atoms with Gasteiger partial charge >= 0.3 is 5.97 Å². The summed E-state index contributed by atoms with van der Waals surface area (Å²) in [5.74, 6) is 0.935. The van der Waals surface area contributed by atoms with E-state index in [1.807, 2.05) is 26.0 Å². The number of ether oxygens (including phenoxy) is 3. The molecule has 0 fully saturated rings. The van der Waals surface area contributed by atoms with Gasteiger partial charge in [0, 0.05) is 0 Å². The zero-order chi connectivity index (χ0) is 19.8. The summed E-state index contributed by atoms with van der Waals surface area (Å²) in [7, 11) is 0. The standard InChI is InChI=1S/C18H22BrN3O4S/c1-5-24-14-9-12(8-13(19)15(14)25-6-2)10-20-22-18-21-11(4)16(27-18)17(23)26-7-3/h8-10H,5-7H2,1-4H3,(H,21,22)/b20-10-. The summed E-state index contributed by atoms with van der Waals surface area (Å²) in [6, 6.07) is 3.73. The number of esters is 1. The molecular formula is C18H22BrN3O4S. The molecular weight excluding hydrogens is 434 g/mol. The normalized spacial score (nSPS) is 10.9. The highest BCUT2D eigenvalue weighted by Crippen LogP contribution is 2.36. The van der Waals surface area contributed by atoms with Gasteiger partial charge in [-0.05, 0) is 61.3 Å². The molecule has 0 aliphatic rings. The zero-order valence-electron chi connectivity index (χ0n) is 15.7. The van der Waals surface area contributed by atoms with E-state index in [-0.39, 0.29) is 5.97 Å². The van der Waals surface area contributed by atoms with Gasteiger partial charge in [-0.1, -0.05) is 11.3 Å². The van der Waals surface area contributed by atoms with Crippen molar-refractivity contribution in [1.29, 1.82) is 0 Å². The van der Waals surface area contributed by atoms with Crippen molar-refractivity contribution >= 4 is 44.6 Å². The molecule has 146 valence electrons. The number of aromatic nitrogens is 1. The predicted octanol–water partition coefficient (Wildman–Crippen LogP) is 4.63. The van der Waals surface area contributed by atoms with Crippen molar-refractivity contribution in [1.82, 2.24) is 4.98 Å². The Balaban J connectivity index is 2.14. The second-order valence-electron chi connectivity index (χ2n) is 5.22. The van der Waals surface area contributed by atoms with Crippen molar-refractivity contribution in [2.75, 3.05) is 25.2 Å². The van der Waals surface area contributed by atoms with Crippen LogP contribution >= 0.6 is 27.3 Å². The number of rotatable bonds is 9. The molecule has 1 N–H and O–H groups in total. The summed E-state index contributed by atoms with van der Waals surface area (Å²) >= 11 is 4.70. The van der Waals surface area contributed by atoms with Gasteiger partial charge in [-0.3, -0.25) is 5.43 Å². The molecule has 0 saturated heterocycles. The first-order valence-electron chi connectivity index (χ1n) is 8.52. The van der Waals surface area contributed by atoms with Gasteiger partial charge in [0.05, 0.1) is 36.2 Å². The number of nitrogens with one attached hydrogen (secondary N) is 1. The van der Waals surface area contributed by atoms with E-state index in [2.05, 4.69) is 31.4 Å². The zero-order valence-corrected chi connectivity index (χ0v) is 18.1. The van der Waals surface area contributed by atoms with Gasteiger partial charge in [0.25, 0.3) is 0 Å². The first kappa shape index (κ1) is 21.2. The summed E-state index contributed by atoms with van der Waals surface area (Å²) in [5, 5.41) is 4.71. The Morgan fingerprint density at radius 3 is 2.67 bits per heavy atom.